The van der Waals surface area contributed by atoms with Gasteiger partial charge in [0.15, 0.2) is 5.96 Å². The minimum atomic E-state index is 0.433. The molecule has 0 amide bonds. The summed E-state index contributed by atoms with van der Waals surface area (Å²) < 4.78 is 0. The van der Waals surface area contributed by atoms with Crippen molar-refractivity contribution in [3.8, 4) is 0 Å². The Labute approximate surface area is 117 Å². The zero-order valence-electron chi connectivity index (χ0n) is 10.8. The molecule has 0 atom stereocenters. The monoisotopic (exact) mass is 271 g/mol. The molecule has 2 aromatic rings. The van der Waals surface area contributed by atoms with Crippen LogP contribution in [0.3, 0.4) is 0 Å². The zero-order valence-corrected chi connectivity index (χ0v) is 11.7. The Morgan fingerprint density at radius 2 is 1.95 bits per heavy atom. The molecule has 0 fully saturated rings. The zero-order chi connectivity index (χ0) is 13.5. The summed E-state index contributed by atoms with van der Waals surface area (Å²) >= 11 is 1.70. The topological polar surface area (TPSA) is 50.4 Å². The molecule has 3 nitrogen and oxygen atoms in total. The summed E-state index contributed by atoms with van der Waals surface area (Å²) in [4.78, 5) is 5.52. The molecule has 98 valence electrons. The number of benzene rings is 2. The minimum absolute atomic E-state index is 0.433. The lowest BCUT2D eigenvalue weighted by Gasteiger charge is -2.06. The van der Waals surface area contributed by atoms with Crippen LogP contribution in [0.15, 0.2) is 64.5 Å². The number of nitrogens with two attached hydrogens (primary N) is 1. The number of guanidine groups is 1. The van der Waals surface area contributed by atoms with Crippen molar-refractivity contribution in [2.24, 2.45) is 10.7 Å². The first kappa shape index (κ1) is 13.5. The Kier molecular flexibility index (Phi) is 4.86. The summed E-state index contributed by atoms with van der Waals surface area (Å²) in [5.41, 5.74) is 7.98. The van der Waals surface area contributed by atoms with Crippen LogP contribution in [0.25, 0.3) is 0 Å². The highest BCUT2D eigenvalue weighted by Gasteiger charge is 1.97. The Morgan fingerprint density at radius 1 is 1.16 bits per heavy atom. The standard InChI is InChI=1S/C15H17N3S/c1-19-14-9-5-8-13(10-14)18-15(16)17-11-12-6-3-2-4-7-12/h2-10H,11H2,1H3,(H3,16,17,18). The first-order valence-corrected chi connectivity index (χ1v) is 7.25. The maximum atomic E-state index is 5.88. The highest BCUT2D eigenvalue weighted by molar-refractivity contribution is 7.98. The van der Waals surface area contributed by atoms with Crippen molar-refractivity contribution in [2.75, 3.05) is 11.6 Å². The lowest BCUT2D eigenvalue weighted by atomic mass is 10.2. The van der Waals surface area contributed by atoms with Crippen LogP contribution in [0.1, 0.15) is 5.56 Å². The maximum absolute atomic E-state index is 5.88. The first-order chi connectivity index (χ1) is 9.28. The number of hydrogen-bond donors (Lipinski definition) is 2. The van der Waals surface area contributed by atoms with Crippen LogP contribution in [-0.4, -0.2) is 12.2 Å². The van der Waals surface area contributed by atoms with Gasteiger partial charge >= 0.3 is 0 Å². The van der Waals surface area contributed by atoms with Gasteiger partial charge in [0.05, 0.1) is 6.54 Å². The molecule has 0 radical (unpaired) electrons. The number of hydrogen-bond acceptors (Lipinski definition) is 2. The fraction of sp³-hybridized carbons (Fsp3) is 0.133. The van der Waals surface area contributed by atoms with Crippen molar-refractivity contribution in [3.05, 3.63) is 60.2 Å². The van der Waals surface area contributed by atoms with Gasteiger partial charge in [0, 0.05) is 10.6 Å². The Bertz CT molecular complexity index is 552. The average Bonchev–Trinajstić information content (AvgIpc) is 2.46. The van der Waals surface area contributed by atoms with Crippen LogP contribution >= 0.6 is 11.8 Å². The number of anilines is 1. The number of rotatable bonds is 4. The quantitative estimate of drug-likeness (QED) is 0.509. The molecule has 0 bridgehead atoms. The highest BCUT2D eigenvalue weighted by atomic mass is 32.2. The van der Waals surface area contributed by atoms with E-state index in [0.29, 0.717) is 12.5 Å². The molecule has 0 aliphatic heterocycles. The van der Waals surface area contributed by atoms with Gasteiger partial charge in [0.1, 0.15) is 0 Å². The summed E-state index contributed by atoms with van der Waals surface area (Å²) in [6.07, 6.45) is 2.05. The van der Waals surface area contributed by atoms with Crippen molar-refractivity contribution in [2.45, 2.75) is 11.4 Å². The predicted octanol–water partition coefficient (Wildman–Crippen LogP) is 3.34. The third kappa shape index (κ3) is 4.34. The number of nitrogens with one attached hydrogen (secondary N) is 1. The molecule has 2 aromatic carbocycles. The second kappa shape index (κ2) is 6.85. The van der Waals surface area contributed by atoms with Gasteiger partial charge in [-0.1, -0.05) is 36.4 Å². The lowest BCUT2D eigenvalue weighted by Crippen LogP contribution is -2.22. The molecule has 0 heterocycles. The lowest BCUT2D eigenvalue weighted by molar-refractivity contribution is 1.06. The second-order valence-electron chi connectivity index (χ2n) is 4.04. The van der Waals surface area contributed by atoms with Crippen LogP contribution in [0, 0.1) is 0 Å². The van der Waals surface area contributed by atoms with Crippen molar-refractivity contribution in [1.29, 1.82) is 0 Å². The van der Waals surface area contributed by atoms with E-state index in [9.17, 15) is 0 Å². The summed E-state index contributed by atoms with van der Waals surface area (Å²) in [5.74, 6) is 0.433. The van der Waals surface area contributed by atoms with Gasteiger partial charge in [-0.2, -0.15) is 0 Å². The largest absolute Gasteiger partial charge is 0.370 e. The highest BCUT2D eigenvalue weighted by Crippen LogP contribution is 2.18. The molecule has 0 aliphatic rings. The molecule has 0 saturated carbocycles. The van der Waals surface area contributed by atoms with E-state index in [2.05, 4.69) is 22.4 Å². The van der Waals surface area contributed by atoms with Crippen molar-refractivity contribution >= 4 is 23.4 Å². The second-order valence-corrected chi connectivity index (χ2v) is 4.92. The van der Waals surface area contributed by atoms with Crippen LogP contribution in [0.4, 0.5) is 5.69 Å². The van der Waals surface area contributed by atoms with Gasteiger partial charge in [0.2, 0.25) is 0 Å². The predicted molar refractivity (Wildman–Crippen MR) is 83.6 cm³/mol. The van der Waals surface area contributed by atoms with E-state index >= 15 is 0 Å². The summed E-state index contributed by atoms with van der Waals surface area (Å²) in [6.45, 7) is 0.585. The number of thioether (sulfide) groups is 1. The molecular formula is C15H17N3S. The van der Waals surface area contributed by atoms with Crippen molar-refractivity contribution in [1.82, 2.24) is 0 Å². The molecule has 0 aliphatic carbocycles. The maximum Gasteiger partial charge on any atom is 0.193 e. The van der Waals surface area contributed by atoms with Crippen LogP contribution in [0.2, 0.25) is 0 Å². The number of aliphatic imine (C=N–C) groups is 1. The van der Waals surface area contributed by atoms with Crippen molar-refractivity contribution < 1.29 is 0 Å². The molecule has 2 rings (SSSR count). The molecule has 4 heteroatoms. The molecule has 3 N–H and O–H groups in total. The van der Waals surface area contributed by atoms with Crippen LogP contribution in [-0.2, 0) is 6.54 Å². The summed E-state index contributed by atoms with van der Waals surface area (Å²) in [7, 11) is 0. The fourth-order valence-corrected chi connectivity index (χ4v) is 2.11. The Morgan fingerprint density at radius 3 is 2.68 bits per heavy atom. The summed E-state index contributed by atoms with van der Waals surface area (Å²) in [6, 6.07) is 18.1. The smallest absolute Gasteiger partial charge is 0.193 e. The first-order valence-electron chi connectivity index (χ1n) is 6.03. The Hall–Kier alpha value is -1.94. The minimum Gasteiger partial charge on any atom is -0.370 e. The van der Waals surface area contributed by atoms with E-state index in [1.807, 2.05) is 48.7 Å². The van der Waals surface area contributed by atoms with E-state index in [0.717, 1.165) is 11.3 Å². The van der Waals surface area contributed by atoms with E-state index in [-0.39, 0.29) is 0 Å². The van der Waals surface area contributed by atoms with Crippen LogP contribution in [0.5, 0.6) is 0 Å². The van der Waals surface area contributed by atoms with Gasteiger partial charge < -0.3 is 11.1 Å². The Balaban J connectivity index is 1.98. The van der Waals surface area contributed by atoms with Gasteiger partial charge in [0.25, 0.3) is 0 Å². The molecular weight excluding hydrogens is 254 g/mol. The third-order valence-electron chi connectivity index (χ3n) is 2.62. The van der Waals surface area contributed by atoms with E-state index in [4.69, 9.17) is 5.73 Å². The SMILES string of the molecule is CSc1cccc(NC(N)=NCc2ccccc2)c1. The van der Waals surface area contributed by atoms with Crippen LogP contribution < -0.4 is 11.1 Å². The van der Waals surface area contributed by atoms with Gasteiger partial charge in [-0.05, 0) is 30.0 Å². The number of nitrogens with zero attached hydrogens (tertiary/aromatic N) is 1. The van der Waals surface area contributed by atoms with Crippen molar-refractivity contribution in [3.63, 3.8) is 0 Å². The molecule has 19 heavy (non-hydrogen) atoms. The van der Waals surface area contributed by atoms with E-state index in [1.165, 1.54) is 4.90 Å². The van der Waals surface area contributed by atoms with E-state index < -0.39 is 0 Å². The fourth-order valence-electron chi connectivity index (χ4n) is 1.65. The van der Waals surface area contributed by atoms with Gasteiger partial charge in [-0.25, -0.2) is 4.99 Å². The van der Waals surface area contributed by atoms with E-state index in [1.54, 1.807) is 11.8 Å². The average molecular weight is 271 g/mol. The third-order valence-corrected chi connectivity index (χ3v) is 3.34. The molecule has 0 aromatic heterocycles. The molecule has 0 saturated heterocycles. The summed E-state index contributed by atoms with van der Waals surface area (Å²) in [5, 5.41) is 3.10. The molecule has 0 spiro atoms. The molecule has 0 unspecified atom stereocenters. The van der Waals surface area contributed by atoms with Gasteiger partial charge in [-0.3, -0.25) is 0 Å². The van der Waals surface area contributed by atoms with Gasteiger partial charge in [-0.15, -0.1) is 11.8 Å². The normalized spacial score (nSPS) is 11.3.